The fourth-order valence-electron chi connectivity index (χ4n) is 4.44. The summed E-state index contributed by atoms with van der Waals surface area (Å²) in [6, 6.07) is 11.0. The highest BCUT2D eigenvalue weighted by Crippen LogP contribution is 2.39. The number of carbonyl (C=O) groups excluding carboxylic acids is 1. The number of nitro benzene ring substituents is 1. The van der Waals surface area contributed by atoms with Crippen LogP contribution in [0.25, 0.3) is 0 Å². The Morgan fingerprint density at radius 2 is 2.18 bits per heavy atom. The van der Waals surface area contributed by atoms with Gasteiger partial charge in [-0.3, -0.25) is 19.9 Å². The molecule has 28 heavy (non-hydrogen) atoms. The van der Waals surface area contributed by atoms with E-state index < -0.39 is 0 Å². The third-order valence-corrected chi connectivity index (χ3v) is 5.78. The second-order valence-electron chi connectivity index (χ2n) is 7.50. The van der Waals surface area contributed by atoms with Gasteiger partial charge in [0.15, 0.2) is 0 Å². The van der Waals surface area contributed by atoms with Crippen molar-refractivity contribution in [2.75, 3.05) is 18.0 Å². The van der Waals surface area contributed by atoms with Gasteiger partial charge in [-0.25, -0.2) is 0 Å². The monoisotopic (exact) mass is 380 g/mol. The van der Waals surface area contributed by atoms with Crippen LogP contribution in [0.15, 0.2) is 42.6 Å². The Morgan fingerprint density at radius 3 is 2.96 bits per heavy atom. The minimum absolute atomic E-state index is 0.0324. The van der Waals surface area contributed by atoms with Crippen molar-refractivity contribution < 1.29 is 9.72 Å². The van der Waals surface area contributed by atoms with Crippen LogP contribution in [0.2, 0.25) is 0 Å². The van der Waals surface area contributed by atoms with Crippen LogP contribution >= 0.6 is 0 Å². The Labute approximate surface area is 163 Å². The van der Waals surface area contributed by atoms with Crippen molar-refractivity contribution in [1.82, 2.24) is 10.3 Å². The molecule has 1 saturated heterocycles. The summed E-state index contributed by atoms with van der Waals surface area (Å²) in [4.78, 5) is 30.3. The fourth-order valence-corrected chi connectivity index (χ4v) is 4.44. The number of nitro groups is 1. The molecule has 3 heterocycles. The molecular weight excluding hydrogens is 356 g/mol. The Hall–Kier alpha value is -2.96. The molecule has 0 aliphatic carbocycles. The zero-order chi connectivity index (χ0) is 19.5. The highest BCUT2D eigenvalue weighted by molar-refractivity contribution is 5.82. The molecule has 0 saturated carbocycles. The van der Waals surface area contributed by atoms with Gasteiger partial charge in [0.1, 0.15) is 0 Å². The normalized spacial score (nSPS) is 20.8. The number of amides is 1. The molecular formula is C21H24N4O3. The van der Waals surface area contributed by atoms with Crippen LogP contribution in [0.5, 0.6) is 0 Å². The van der Waals surface area contributed by atoms with E-state index in [4.69, 9.17) is 0 Å². The van der Waals surface area contributed by atoms with Crippen LogP contribution in [-0.4, -0.2) is 34.9 Å². The first-order valence-corrected chi connectivity index (χ1v) is 9.85. The van der Waals surface area contributed by atoms with E-state index >= 15 is 0 Å². The number of nitrogens with zero attached hydrogens (tertiary/aromatic N) is 3. The number of hydrogen-bond acceptors (Lipinski definition) is 5. The zero-order valence-corrected chi connectivity index (χ0v) is 15.7. The fraction of sp³-hybridized carbons (Fsp3) is 0.429. The third kappa shape index (κ3) is 3.69. The number of fused-ring (bicyclic) bond motifs is 3. The lowest BCUT2D eigenvalue weighted by Gasteiger charge is -2.45. The molecule has 2 aliphatic rings. The highest BCUT2D eigenvalue weighted by Gasteiger charge is 2.39. The van der Waals surface area contributed by atoms with Crippen molar-refractivity contribution >= 4 is 17.3 Å². The molecule has 2 aliphatic heterocycles. The molecule has 0 unspecified atom stereocenters. The molecule has 1 aromatic carbocycles. The quantitative estimate of drug-likeness (QED) is 0.636. The smallest absolute Gasteiger partial charge is 0.269 e. The molecule has 7 heteroatoms. The maximum Gasteiger partial charge on any atom is 0.269 e. The van der Waals surface area contributed by atoms with E-state index in [-0.39, 0.29) is 28.5 Å². The van der Waals surface area contributed by atoms with Crippen LogP contribution in [0.4, 0.5) is 11.4 Å². The number of non-ortho nitro benzene ring substituents is 1. The largest absolute Gasteiger partial charge is 0.368 e. The van der Waals surface area contributed by atoms with Gasteiger partial charge in [0, 0.05) is 55.3 Å². The van der Waals surface area contributed by atoms with Crippen LogP contribution in [0, 0.1) is 16.0 Å². The predicted molar refractivity (Wildman–Crippen MR) is 106 cm³/mol. The summed E-state index contributed by atoms with van der Waals surface area (Å²) >= 11 is 0. The minimum atomic E-state index is -0.371. The predicted octanol–water partition coefficient (Wildman–Crippen LogP) is 2.88. The van der Waals surface area contributed by atoms with Gasteiger partial charge < -0.3 is 10.2 Å². The number of piperidine rings is 1. The van der Waals surface area contributed by atoms with Gasteiger partial charge in [0.05, 0.1) is 10.8 Å². The van der Waals surface area contributed by atoms with E-state index in [0.717, 1.165) is 42.8 Å². The average Bonchev–Trinajstić information content (AvgIpc) is 2.73. The van der Waals surface area contributed by atoms with Crippen LogP contribution in [-0.2, 0) is 17.6 Å². The first-order valence-electron chi connectivity index (χ1n) is 9.85. The van der Waals surface area contributed by atoms with Gasteiger partial charge in [0.25, 0.3) is 5.69 Å². The maximum absolute atomic E-state index is 13.0. The van der Waals surface area contributed by atoms with E-state index in [9.17, 15) is 14.9 Å². The number of benzene rings is 1. The number of nitrogens with one attached hydrogen (secondary N) is 1. The molecule has 0 bridgehead atoms. The lowest BCUT2D eigenvalue weighted by molar-refractivity contribution is -0.384. The van der Waals surface area contributed by atoms with Crippen LogP contribution in [0.1, 0.15) is 30.5 Å². The van der Waals surface area contributed by atoms with E-state index in [1.165, 1.54) is 0 Å². The standard InChI is InChI=1S/C21H24N4O3/c26-21(23-11-9-16-5-1-3-10-22-16)18-14-15-13-17(25(27)28)7-8-19(15)24-12-4-2-6-20(18)24/h1,3,5,7-8,10,13,18,20H,2,4,6,9,11-12,14H2,(H,23,26)/t18-,20-/m0/s1. The second kappa shape index (κ2) is 7.96. The van der Waals surface area contributed by atoms with Gasteiger partial charge in [-0.1, -0.05) is 6.07 Å². The highest BCUT2D eigenvalue weighted by atomic mass is 16.6. The molecule has 7 nitrogen and oxygen atoms in total. The first kappa shape index (κ1) is 18.4. The maximum atomic E-state index is 13.0. The summed E-state index contributed by atoms with van der Waals surface area (Å²) in [7, 11) is 0. The molecule has 4 rings (SSSR count). The van der Waals surface area contributed by atoms with E-state index in [2.05, 4.69) is 15.2 Å². The summed E-state index contributed by atoms with van der Waals surface area (Å²) in [5, 5.41) is 14.2. The summed E-state index contributed by atoms with van der Waals surface area (Å²) < 4.78 is 0. The summed E-state index contributed by atoms with van der Waals surface area (Å²) in [6.45, 7) is 1.44. The van der Waals surface area contributed by atoms with Crippen molar-refractivity contribution in [3.8, 4) is 0 Å². The van der Waals surface area contributed by atoms with Crippen LogP contribution in [0.3, 0.4) is 0 Å². The molecule has 1 amide bonds. The lowest BCUT2D eigenvalue weighted by atomic mass is 9.80. The van der Waals surface area contributed by atoms with Crippen molar-refractivity contribution in [2.45, 2.75) is 38.1 Å². The second-order valence-corrected chi connectivity index (χ2v) is 7.50. The topological polar surface area (TPSA) is 88.4 Å². The molecule has 0 radical (unpaired) electrons. The minimum Gasteiger partial charge on any atom is -0.368 e. The SMILES string of the molecule is O=C(NCCc1ccccn1)[C@H]1Cc2cc([N+](=O)[O-])ccc2N2CCCC[C@@H]12. The van der Waals surface area contributed by atoms with E-state index in [0.29, 0.717) is 19.4 Å². The summed E-state index contributed by atoms with van der Waals surface area (Å²) in [6.07, 6.45) is 6.17. The Balaban J connectivity index is 1.50. The summed E-state index contributed by atoms with van der Waals surface area (Å²) in [5.41, 5.74) is 2.99. The van der Waals surface area contributed by atoms with Crippen molar-refractivity contribution in [2.24, 2.45) is 5.92 Å². The van der Waals surface area contributed by atoms with Crippen molar-refractivity contribution in [3.05, 3.63) is 64.0 Å². The molecule has 146 valence electrons. The molecule has 1 N–H and O–H groups in total. The number of anilines is 1. The number of pyridine rings is 1. The zero-order valence-electron chi connectivity index (χ0n) is 15.7. The van der Waals surface area contributed by atoms with Crippen molar-refractivity contribution in [1.29, 1.82) is 0 Å². The lowest BCUT2D eigenvalue weighted by Crippen LogP contribution is -2.53. The van der Waals surface area contributed by atoms with Gasteiger partial charge in [-0.15, -0.1) is 0 Å². The number of rotatable bonds is 5. The number of carbonyl (C=O) groups is 1. The van der Waals surface area contributed by atoms with E-state index in [1.54, 1.807) is 18.3 Å². The molecule has 2 aromatic rings. The molecule has 1 fully saturated rings. The first-order chi connectivity index (χ1) is 13.6. The molecule has 2 atom stereocenters. The Morgan fingerprint density at radius 1 is 1.29 bits per heavy atom. The third-order valence-electron chi connectivity index (χ3n) is 5.78. The average molecular weight is 380 g/mol. The van der Waals surface area contributed by atoms with Gasteiger partial charge in [-0.2, -0.15) is 0 Å². The Kier molecular flexibility index (Phi) is 5.23. The Bertz CT molecular complexity index is 871. The molecule has 0 spiro atoms. The van der Waals surface area contributed by atoms with Crippen LogP contribution < -0.4 is 10.2 Å². The van der Waals surface area contributed by atoms with E-state index in [1.807, 2.05) is 24.3 Å². The number of hydrogen-bond donors (Lipinski definition) is 1. The van der Waals surface area contributed by atoms with Gasteiger partial charge in [-0.05, 0) is 49.4 Å². The summed E-state index contributed by atoms with van der Waals surface area (Å²) in [5.74, 6) is -0.150. The van der Waals surface area contributed by atoms with Gasteiger partial charge in [0.2, 0.25) is 5.91 Å². The number of aromatic nitrogens is 1. The molecule has 1 aromatic heterocycles. The van der Waals surface area contributed by atoms with Crippen molar-refractivity contribution in [3.63, 3.8) is 0 Å². The van der Waals surface area contributed by atoms with Gasteiger partial charge >= 0.3 is 0 Å².